The Morgan fingerprint density at radius 1 is 1.09 bits per heavy atom. The van der Waals surface area contributed by atoms with Gasteiger partial charge in [-0.3, -0.25) is 14.7 Å². The number of aromatic nitrogens is 4. The normalized spacial score (nSPS) is 26.8. The van der Waals surface area contributed by atoms with Crippen molar-refractivity contribution in [3.8, 4) is 0 Å². The van der Waals surface area contributed by atoms with Crippen molar-refractivity contribution in [2.45, 2.75) is 115 Å². The number of carbonyl (C=O) groups excluding carboxylic acids is 1. The minimum atomic E-state index is 0.0756. The second-order valence-corrected chi connectivity index (χ2v) is 11.9. The van der Waals surface area contributed by atoms with E-state index in [0.29, 0.717) is 24.0 Å². The number of nitrogens with one attached hydrogen (secondary N) is 1. The van der Waals surface area contributed by atoms with Gasteiger partial charge in [0.25, 0.3) is 0 Å². The van der Waals surface area contributed by atoms with E-state index >= 15 is 0 Å². The van der Waals surface area contributed by atoms with E-state index in [-0.39, 0.29) is 17.9 Å². The predicted octanol–water partition coefficient (Wildman–Crippen LogP) is 5.16. The Labute approximate surface area is 207 Å². The number of carbonyl (C=O) groups is 1. The smallest absolute Gasteiger partial charge is 0.223 e. The molecule has 4 heterocycles. The molecule has 4 atom stereocenters. The summed E-state index contributed by atoms with van der Waals surface area (Å²) in [6.45, 7) is 7.56. The van der Waals surface area contributed by atoms with Crippen molar-refractivity contribution >= 4 is 17.2 Å². The fraction of sp³-hybridized carbons (Fsp3) is 0.769. The molecule has 2 bridgehead atoms. The molecule has 2 aromatic heterocycles. The minimum absolute atomic E-state index is 0.0756. The number of rotatable bonds is 8. The topological polar surface area (TPSA) is 75.9 Å². The molecule has 1 saturated carbocycles. The lowest BCUT2D eigenvalue weighted by Crippen LogP contribution is -2.45. The third-order valence-electron chi connectivity index (χ3n) is 8.40. The van der Waals surface area contributed by atoms with Gasteiger partial charge in [-0.05, 0) is 51.9 Å². The average molecular weight is 485 g/mol. The fourth-order valence-corrected chi connectivity index (χ4v) is 7.37. The first-order valence-corrected chi connectivity index (χ1v) is 14.2. The third kappa shape index (κ3) is 4.94. The number of nitrogens with zero attached hydrogens (tertiary/aromatic N) is 5. The molecule has 2 aromatic rings. The molecule has 2 saturated heterocycles. The van der Waals surface area contributed by atoms with Gasteiger partial charge in [-0.25, -0.2) is 0 Å². The van der Waals surface area contributed by atoms with E-state index in [9.17, 15) is 4.79 Å². The zero-order chi connectivity index (χ0) is 23.7. The molecule has 3 fully saturated rings. The van der Waals surface area contributed by atoms with Crippen LogP contribution in [-0.4, -0.2) is 49.2 Å². The quantitative estimate of drug-likeness (QED) is 0.560. The Morgan fingerprint density at radius 2 is 1.82 bits per heavy atom. The molecule has 1 amide bonds. The molecular formula is C26H40N6OS. The maximum absolute atomic E-state index is 13.0. The molecule has 2 aliphatic heterocycles. The average Bonchev–Trinajstić information content (AvgIpc) is 3.55. The van der Waals surface area contributed by atoms with Crippen molar-refractivity contribution in [3.05, 3.63) is 28.2 Å². The first-order chi connectivity index (χ1) is 16.5. The standard InChI is InChI=1S/C26H40N6OS/c1-17(2)25-30-29-18(3)32(25)22-13-20-9-10-21(14-22)31(20)12-11-23(24-15-27-16-34-24)28-26(33)19-7-5-4-6-8-19/h15-17,19-23H,4-14H2,1-3H3,(H,28,33)/t20-,21+,22-,23-/m0/s1. The zero-order valence-electron chi connectivity index (χ0n) is 20.9. The Morgan fingerprint density at radius 3 is 2.47 bits per heavy atom. The van der Waals surface area contributed by atoms with Gasteiger partial charge >= 0.3 is 0 Å². The molecule has 1 N–H and O–H groups in total. The van der Waals surface area contributed by atoms with Crippen LogP contribution in [0, 0.1) is 12.8 Å². The van der Waals surface area contributed by atoms with Crippen LogP contribution in [0.2, 0.25) is 0 Å². The molecule has 0 unspecified atom stereocenters. The monoisotopic (exact) mass is 484 g/mol. The van der Waals surface area contributed by atoms with Crippen LogP contribution >= 0.6 is 11.3 Å². The molecule has 7 nitrogen and oxygen atoms in total. The lowest BCUT2D eigenvalue weighted by atomic mass is 9.88. The Bertz CT molecular complexity index is 937. The van der Waals surface area contributed by atoms with Gasteiger partial charge < -0.3 is 9.88 Å². The predicted molar refractivity (Wildman–Crippen MR) is 135 cm³/mol. The number of thiazole rings is 1. The van der Waals surface area contributed by atoms with Crippen LogP contribution in [0.25, 0.3) is 0 Å². The SMILES string of the molecule is Cc1nnc(C(C)C)n1[C@@H]1C[C@H]2CC[C@@H](C1)N2CC[C@H](NC(=O)C1CCCCC1)c1cncs1. The van der Waals surface area contributed by atoms with Crippen LogP contribution in [0.15, 0.2) is 11.7 Å². The summed E-state index contributed by atoms with van der Waals surface area (Å²) >= 11 is 1.67. The molecule has 34 heavy (non-hydrogen) atoms. The van der Waals surface area contributed by atoms with Gasteiger partial charge in [0.1, 0.15) is 11.6 Å². The van der Waals surface area contributed by atoms with Crippen LogP contribution in [0.5, 0.6) is 0 Å². The summed E-state index contributed by atoms with van der Waals surface area (Å²) in [6, 6.07) is 1.81. The summed E-state index contributed by atoms with van der Waals surface area (Å²) < 4.78 is 2.43. The number of amides is 1. The van der Waals surface area contributed by atoms with Crippen molar-refractivity contribution in [3.63, 3.8) is 0 Å². The molecule has 186 valence electrons. The zero-order valence-corrected chi connectivity index (χ0v) is 21.8. The van der Waals surface area contributed by atoms with Crippen LogP contribution < -0.4 is 5.32 Å². The van der Waals surface area contributed by atoms with Gasteiger partial charge in [0.05, 0.1) is 11.6 Å². The maximum Gasteiger partial charge on any atom is 0.223 e. The second-order valence-electron chi connectivity index (χ2n) is 11.0. The molecule has 5 rings (SSSR count). The van der Waals surface area contributed by atoms with Crippen molar-refractivity contribution in [1.82, 2.24) is 30.0 Å². The summed E-state index contributed by atoms with van der Waals surface area (Å²) in [5, 5.41) is 12.3. The van der Waals surface area contributed by atoms with Crippen LogP contribution in [0.4, 0.5) is 0 Å². The molecule has 8 heteroatoms. The van der Waals surface area contributed by atoms with Crippen molar-refractivity contribution in [2.75, 3.05) is 6.54 Å². The number of piperidine rings is 1. The van der Waals surface area contributed by atoms with Crippen LogP contribution in [0.1, 0.15) is 113 Å². The van der Waals surface area contributed by atoms with Crippen molar-refractivity contribution in [2.24, 2.45) is 5.92 Å². The third-order valence-corrected chi connectivity index (χ3v) is 9.29. The van der Waals surface area contributed by atoms with E-state index in [0.717, 1.165) is 37.5 Å². The first-order valence-electron chi connectivity index (χ1n) is 13.4. The van der Waals surface area contributed by atoms with Crippen LogP contribution in [0.3, 0.4) is 0 Å². The van der Waals surface area contributed by atoms with E-state index in [1.807, 2.05) is 11.7 Å². The molecule has 3 aliphatic rings. The summed E-state index contributed by atoms with van der Waals surface area (Å²) in [6.07, 6.45) is 13.5. The van der Waals surface area contributed by atoms with E-state index in [1.54, 1.807) is 11.3 Å². The van der Waals surface area contributed by atoms with Crippen molar-refractivity contribution < 1.29 is 4.79 Å². The van der Waals surface area contributed by atoms with Gasteiger partial charge in [-0.2, -0.15) is 0 Å². The summed E-state index contributed by atoms with van der Waals surface area (Å²) in [5.74, 6) is 3.02. The highest BCUT2D eigenvalue weighted by Crippen LogP contribution is 2.42. The van der Waals surface area contributed by atoms with Gasteiger partial charge in [0.15, 0.2) is 0 Å². The van der Waals surface area contributed by atoms with Gasteiger partial charge in [-0.1, -0.05) is 33.1 Å². The Balaban J connectivity index is 1.23. The summed E-state index contributed by atoms with van der Waals surface area (Å²) in [4.78, 5) is 21.3. The van der Waals surface area contributed by atoms with E-state index in [2.05, 4.69) is 50.7 Å². The molecule has 1 aliphatic carbocycles. The van der Waals surface area contributed by atoms with Gasteiger partial charge in [-0.15, -0.1) is 21.5 Å². The minimum Gasteiger partial charge on any atom is -0.348 e. The second kappa shape index (κ2) is 10.4. The molecule has 0 radical (unpaired) electrons. The highest BCUT2D eigenvalue weighted by molar-refractivity contribution is 7.09. The summed E-state index contributed by atoms with van der Waals surface area (Å²) in [5.41, 5.74) is 1.89. The van der Waals surface area contributed by atoms with Gasteiger partial charge in [0, 0.05) is 47.6 Å². The highest BCUT2D eigenvalue weighted by Gasteiger charge is 2.42. The number of hydrogen-bond acceptors (Lipinski definition) is 6. The lowest BCUT2D eigenvalue weighted by molar-refractivity contribution is -0.126. The molecular weight excluding hydrogens is 444 g/mol. The number of fused-ring (bicyclic) bond motifs is 2. The lowest BCUT2D eigenvalue weighted by Gasteiger charge is -2.40. The Kier molecular flexibility index (Phi) is 7.35. The first kappa shape index (κ1) is 23.9. The number of hydrogen-bond donors (Lipinski definition) is 1. The van der Waals surface area contributed by atoms with Gasteiger partial charge in [0.2, 0.25) is 5.91 Å². The molecule has 0 spiro atoms. The van der Waals surface area contributed by atoms with Crippen molar-refractivity contribution in [1.29, 1.82) is 0 Å². The van der Waals surface area contributed by atoms with Crippen LogP contribution in [-0.2, 0) is 4.79 Å². The summed E-state index contributed by atoms with van der Waals surface area (Å²) in [7, 11) is 0. The largest absolute Gasteiger partial charge is 0.348 e. The Hall–Kier alpha value is -1.80. The number of aryl methyl sites for hydroxylation is 1. The van der Waals surface area contributed by atoms with E-state index in [1.165, 1.54) is 49.8 Å². The van der Waals surface area contributed by atoms with E-state index in [4.69, 9.17) is 0 Å². The molecule has 0 aromatic carbocycles. The highest BCUT2D eigenvalue weighted by atomic mass is 32.1. The maximum atomic E-state index is 13.0. The van der Waals surface area contributed by atoms with E-state index < -0.39 is 0 Å². The fourth-order valence-electron chi connectivity index (χ4n) is 6.67.